The third kappa shape index (κ3) is 3.12. The average molecular weight is 367 g/mol. The smallest absolute Gasteiger partial charge is 0.278 e. The number of aromatic hydroxyl groups is 1. The second-order valence-corrected chi connectivity index (χ2v) is 6.40. The lowest BCUT2D eigenvalue weighted by Crippen LogP contribution is -1.97. The van der Waals surface area contributed by atoms with Gasteiger partial charge in [-0.25, -0.2) is 0 Å². The molecular formula is C24H17NO3. The maximum absolute atomic E-state index is 12.0. The van der Waals surface area contributed by atoms with Crippen LogP contribution in [0.5, 0.6) is 5.75 Å². The van der Waals surface area contributed by atoms with Crippen LogP contribution in [0.25, 0.3) is 33.4 Å². The molecule has 0 spiro atoms. The molecule has 1 N–H and O–H groups in total. The Morgan fingerprint density at radius 2 is 1.07 bits per heavy atom. The van der Waals surface area contributed by atoms with Crippen molar-refractivity contribution in [2.24, 2.45) is 0 Å². The monoisotopic (exact) mass is 367 g/mol. The Balaban J connectivity index is 2.13. The summed E-state index contributed by atoms with van der Waals surface area (Å²) in [7, 11) is 0. The average Bonchev–Trinajstić information content (AvgIpc) is 2.75. The number of nitro groups is 1. The van der Waals surface area contributed by atoms with Crippen LogP contribution >= 0.6 is 0 Å². The van der Waals surface area contributed by atoms with Crippen LogP contribution < -0.4 is 0 Å². The van der Waals surface area contributed by atoms with Gasteiger partial charge in [-0.3, -0.25) is 10.1 Å². The van der Waals surface area contributed by atoms with E-state index in [1.54, 1.807) is 0 Å². The highest BCUT2D eigenvalue weighted by molar-refractivity contribution is 5.98. The minimum absolute atomic E-state index is 0.0295. The third-order valence-corrected chi connectivity index (χ3v) is 4.69. The molecule has 136 valence electrons. The van der Waals surface area contributed by atoms with Crippen molar-refractivity contribution in [3.05, 3.63) is 107 Å². The van der Waals surface area contributed by atoms with Crippen molar-refractivity contribution >= 4 is 5.69 Å². The highest BCUT2D eigenvalue weighted by Gasteiger charge is 2.27. The van der Waals surface area contributed by atoms with E-state index >= 15 is 0 Å². The highest BCUT2D eigenvalue weighted by atomic mass is 16.6. The van der Waals surface area contributed by atoms with Crippen molar-refractivity contribution in [1.29, 1.82) is 0 Å². The van der Waals surface area contributed by atoms with Crippen molar-refractivity contribution in [1.82, 2.24) is 0 Å². The van der Waals surface area contributed by atoms with Crippen LogP contribution in [0, 0.1) is 10.1 Å². The number of hydrogen-bond donors (Lipinski definition) is 1. The van der Waals surface area contributed by atoms with Gasteiger partial charge in [0, 0.05) is 17.2 Å². The van der Waals surface area contributed by atoms with Crippen molar-refractivity contribution < 1.29 is 10.0 Å². The van der Waals surface area contributed by atoms with Gasteiger partial charge in [-0.15, -0.1) is 0 Å². The first-order valence-corrected chi connectivity index (χ1v) is 8.87. The zero-order valence-electron chi connectivity index (χ0n) is 14.9. The standard InChI is InChI=1S/C24H17NO3/c26-24-20(17-10-4-1-5-11-17)16-21(25(27)28)22(18-12-6-2-7-13-18)23(24)19-14-8-3-9-15-19/h1-16,26H. The summed E-state index contributed by atoms with van der Waals surface area (Å²) >= 11 is 0. The first kappa shape index (κ1) is 17.5. The summed E-state index contributed by atoms with van der Waals surface area (Å²) in [6, 6.07) is 29.1. The Hall–Kier alpha value is -3.92. The topological polar surface area (TPSA) is 63.4 Å². The second-order valence-electron chi connectivity index (χ2n) is 6.40. The molecule has 0 heterocycles. The Bertz CT molecular complexity index is 1120. The van der Waals surface area contributed by atoms with E-state index < -0.39 is 0 Å². The molecule has 0 atom stereocenters. The van der Waals surface area contributed by atoms with Crippen LogP contribution in [0.3, 0.4) is 0 Å². The van der Waals surface area contributed by atoms with Crippen LogP contribution in [-0.2, 0) is 0 Å². The number of hydrogen-bond acceptors (Lipinski definition) is 3. The molecule has 0 saturated carbocycles. The zero-order chi connectivity index (χ0) is 19.5. The fourth-order valence-electron chi connectivity index (χ4n) is 3.42. The van der Waals surface area contributed by atoms with Crippen LogP contribution in [-0.4, -0.2) is 10.0 Å². The van der Waals surface area contributed by atoms with Gasteiger partial charge >= 0.3 is 0 Å². The lowest BCUT2D eigenvalue weighted by molar-refractivity contribution is -0.384. The molecule has 0 bridgehead atoms. The summed E-state index contributed by atoms with van der Waals surface area (Å²) in [6.45, 7) is 0. The quantitative estimate of drug-likeness (QED) is 0.340. The summed E-state index contributed by atoms with van der Waals surface area (Å²) in [4.78, 5) is 11.6. The fraction of sp³-hybridized carbons (Fsp3) is 0. The van der Waals surface area contributed by atoms with Crippen LogP contribution in [0.2, 0.25) is 0 Å². The van der Waals surface area contributed by atoms with Crippen LogP contribution in [0.1, 0.15) is 0 Å². The molecule has 28 heavy (non-hydrogen) atoms. The fourth-order valence-corrected chi connectivity index (χ4v) is 3.42. The largest absolute Gasteiger partial charge is 0.507 e. The Morgan fingerprint density at radius 3 is 1.54 bits per heavy atom. The summed E-state index contributed by atoms with van der Waals surface area (Å²) in [5, 5.41) is 23.2. The van der Waals surface area contributed by atoms with Gasteiger partial charge in [-0.05, 0) is 16.7 Å². The molecule has 0 aromatic heterocycles. The van der Waals surface area contributed by atoms with E-state index in [0.29, 0.717) is 22.3 Å². The summed E-state index contributed by atoms with van der Waals surface area (Å²) < 4.78 is 0. The zero-order valence-corrected chi connectivity index (χ0v) is 14.9. The molecule has 0 unspecified atom stereocenters. The van der Waals surface area contributed by atoms with Crippen molar-refractivity contribution in [3.63, 3.8) is 0 Å². The van der Waals surface area contributed by atoms with E-state index in [1.165, 1.54) is 6.07 Å². The van der Waals surface area contributed by atoms with Gasteiger partial charge in [0.2, 0.25) is 0 Å². The van der Waals surface area contributed by atoms with E-state index in [9.17, 15) is 15.2 Å². The summed E-state index contributed by atoms with van der Waals surface area (Å²) in [5.74, 6) is 0.0295. The van der Waals surface area contributed by atoms with Crippen molar-refractivity contribution in [3.8, 4) is 39.1 Å². The van der Waals surface area contributed by atoms with E-state index in [1.807, 2.05) is 91.0 Å². The van der Waals surface area contributed by atoms with Crippen molar-refractivity contribution in [2.45, 2.75) is 0 Å². The van der Waals surface area contributed by atoms with Gasteiger partial charge in [0.1, 0.15) is 5.75 Å². The molecule has 0 aliphatic carbocycles. The van der Waals surface area contributed by atoms with Crippen LogP contribution in [0.4, 0.5) is 5.69 Å². The van der Waals surface area contributed by atoms with Gasteiger partial charge in [0.25, 0.3) is 5.69 Å². The van der Waals surface area contributed by atoms with E-state index in [4.69, 9.17) is 0 Å². The van der Waals surface area contributed by atoms with Gasteiger partial charge in [-0.1, -0.05) is 91.0 Å². The predicted molar refractivity (Wildman–Crippen MR) is 111 cm³/mol. The van der Waals surface area contributed by atoms with Gasteiger partial charge in [-0.2, -0.15) is 0 Å². The second kappa shape index (κ2) is 7.37. The molecule has 4 rings (SSSR count). The Morgan fingerprint density at radius 1 is 0.643 bits per heavy atom. The predicted octanol–water partition coefficient (Wildman–Crippen LogP) is 6.30. The number of rotatable bonds is 4. The summed E-state index contributed by atoms with van der Waals surface area (Å²) in [6.07, 6.45) is 0. The molecule has 0 fully saturated rings. The van der Waals surface area contributed by atoms with Crippen molar-refractivity contribution in [2.75, 3.05) is 0 Å². The highest BCUT2D eigenvalue weighted by Crippen LogP contribution is 2.49. The molecule has 4 heteroatoms. The molecular weight excluding hydrogens is 350 g/mol. The number of phenolic OH excluding ortho intramolecular Hbond substituents is 1. The number of nitrogens with zero attached hydrogens (tertiary/aromatic N) is 1. The van der Waals surface area contributed by atoms with Gasteiger partial charge < -0.3 is 5.11 Å². The molecule has 0 amide bonds. The molecule has 0 aliphatic heterocycles. The SMILES string of the molecule is O=[N+]([O-])c1cc(-c2ccccc2)c(O)c(-c2ccccc2)c1-c1ccccc1. The molecule has 4 nitrogen and oxygen atoms in total. The molecule has 4 aromatic rings. The lowest BCUT2D eigenvalue weighted by atomic mass is 9.88. The molecule has 4 aromatic carbocycles. The van der Waals surface area contributed by atoms with E-state index in [0.717, 1.165) is 11.1 Å². The van der Waals surface area contributed by atoms with Gasteiger partial charge in [0.05, 0.1) is 10.5 Å². The Kier molecular flexibility index (Phi) is 4.60. The number of nitro benzene ring substituents is 1. The summed E-state index contributed by atoms with van der Waals surface area (Å²) in [5.41, 5.74) is 3.39. The van der Waals surface area contributed by atoms with E-state index in [2.05, 4.69) is 0 Å². The number of phenols is 1. The molecule has 0 aliphatic rings. The first-order chi connectivity index (χ1) is 13.7. The maximum atomic E-state index is 12.0. The lowest BCUT2D eigenvalue weighted by Gasteiger charge is -2.16. The minimum atomic E-state index is -0.388. The first-order valence-electron chi connectivity index (χ1n) is 8.87. The van der Waals surface area contributed by atoms with E-state index in [-0.39, 0.29) is 16.4 Å². The minimum Gasteiger partial charge on any atom is -0.507 e. The maximum Gasteiger partial charge on any atom is 0.278 e. The molecule has 0 saturated heterocycles. The van der Waals surface area contributed by atoms with Crippen LogP contribution in [0.15, 0.2) is 97.1 Å². The number of benzene rings is 4. The molecule has 0 radical (unpaired) electrons. The Labute approximate surface area is 162 Å². The van der Waals surface area contributed by atoms with Gasteiger partial charge in [0.15, 0.2) is 0 Å². The third-order valence-electron chi connectivity index (χ3n) is 4.69. The normalized spacial score (nSPS) is 10.6.